The third-order valence-corrected chi connectivity index (χ3v) is 7.87. The van der Waals surface area contributed by atoms with E-state index in [0.717, 1.165) is 64.4 Å². The minimum Gasteiger partial charge on any atom is -0.384 e. The van der Waals surface area contributed by atoms with Gasteiger partial charge in [-0.3, -0.25) is 0 Å². The van der Waals surface area contributed by atoms with E-state index in [-0.39, 0.29) is 5.79 Å². The Bertz CT molecular complexity index is 1390. The van der Waals surface area contributed by atoms with Crippen molar-refractivity contribution in [2.24, 2.45) is 0 Å². The van der Waals surface area contributed by atoms with E-state index in [9.17, 15) is 0 Å². The molecule has 36 heavy (non-hydrogen) atoms. The predicted octanol–water partition coefficient (Wildman–Crippen LogP) is 7.29. The van der Waals surface area contributed by atoms with Crippen LogP contribution in [-0.4, -0.2) is 35.0 Å². The summed E-state index contributed by atoms with van der Waals surface area (Å²) in [5.41, 5.74) is 8.04. The monoisotopic (exact) mass is 612 g/mol. The zero-order valence-electron chi connectivity index (χ0n) is 20.5. The molecule has 1 spiro atoms. The highest BCUT2D eigenvalue weighted by atomic mass is 79.9. The van der Waals surface area contributed by atoms with Crippen LogP contribution in [0.2, 0.25) is 0 Å². The number of anilines is 2. The number of rotatable bonds is 2. The van der Waals surface area contributed by atoms with Crippen molar-refractivity contribution in [3.63, 3.8) is 0 Å². The predicted molar refractivity (Wildman–Crippen MR) is 153 cm³/mol. The van der Waals surface area contributed by atoms with Gasteiger partial charge in [0.05, 0.1) is 13.2 Å². The Morgan fingerprint density at radius 3 is 2.00 bits per heavy atom. The Balaban J connectivity index is 0.000000174. The molecule has 2 fully saturated rings. The van der Waals surface area contributed by atoms with Gasteiger partial charge in [-0.05, 0) is 85.0 Å². The number of nitrogen functional groups attached to an aromatic ring is 1. The third kappa shape index (κ3) is 5.67. The molecule has 1 aliphatic heterocycles. The molecule has 1 saturated carbocycles. The number of nitrogens with zero attached hydrogens (tertiary/aromatic N) is 2. The van der Waals surface area contributed by atoms with Crippen LogP contribution in [0.3, 0.4) is 0 Å². The van der Waals surface area contributed by atoms with E-state index in [4.69, 9.17) is 15.2 Å². The summed E-state index contributed by atoms with van der Waals surface area (Å²) in [6.45, 7) is 5.64. The number of pyridine rings is 2. The third-order valence-electron chi connectivity index (χ3n) is 6.95. The van der Waals surface area contributed by atoms with Crippen LogP contribution in [0.1, 0.15) is 36.8 Å². The van der Waals surface area contributed by atoms with Crippen LogP contribution in [0.15, 0.2) is 57.7 Å². The fourth-order valence-corrected chi connectivity index (χ4v) is 6.26. The van der Waals surface area contributed by atoms with Gasteiger partial charge >= 0.3 is 0 Å². The Hall–Kier alpha value is -2.26. The van der Waals surface area contributed by atoms with Crippen LogP contribution in [0.5, 0.6) is 0 Å². The first-order valence-corrected chi connectivity index (χ1v) is 13.8. The summed E-state index contributed by atoms with van der Waals surface area (Å²) in [6.07, 6.45) is 7.81. The van der Waals surface area contributed by atoms with Gasteiger partial charge in [-0.2, -0.15) is 0 Å². The van der Waals surface area contributed by atoms with Gasteiger partial charge in [0, 0.05) is 51.0 Å². The van der Waals surface area contributed by atoms with Gasteiger partial charge in [-0.1, -0.05) is 31.9 Å². The topological polar surface area (TPSA) is 82.3 Å². The van der Waals surface area contributed by atoms with E-state index in [1.54, 1.807) is 0 Å². The molecule has 188 valence electrons. The number of fused-ring (bicyclic) bond motifs is 2. The molecule has 2 aromatic carbocycles. The van der Waals surface area contributed by atoms with Crippen molar-refractivity contribution in [1.82, 2.24) is 9.97 Å². The number of hydrogen-bond acceptors (Lipinski definition) is 6. The first-order chi connectivity index (χ1) is 17.3. The molecule has 1 aliphatic carbocycles. The summed E-state index contributed by atoms with van der Waals surface area (Å²) in [7, 11) is 0. The number of halogens is 2. The largest absolute Gasteiger partial charge is 0.384 e. The van der Waals surface area contributed by atoms with E-state index < -0.39 is 0 Å². The minimum atomic E-state index is -0.295. The summed E-state index contributed by atoms with van der Waals surface area (Å²) in [4.78, 5) is 8.65. The maximum atomic E-state index is 5.79. The highest BCUT2D eigenvalue weighted by Gasteiger charge is 2.40. The average molecular weight is 614 g/mol. The first kappa shape index (κ1) is 25.4. The number of nitrogens with one attached hydrogen (secondary N) is 1. The number of ether oxygens (including phenoxy) is 2. The van der Waals surface area contributed by atoms with Crippen molar-refractivity contribution < 1.29 is 9.47 Å². The van der Waals surface area contributed by atoms with Crippen molar-refractivity contribution in [3.05, 3.63) is 68.9 Å². The van der Waals surface area contributed by atoms with Crippen molar-refractivity contribution in [2.45, 2.75) is 51.4 Å². The second-order valence-corrected chi connectivity index (χ2v) is 11.4. The molecule has 0 atom stereocenters. The van der Waals surface area contributed by atoms with Gasteiger partial charge in [0.25, 0.3) is 0 Å². The van der Waals surface area contributed by atoms with Gasteiger partial charge in [-0.15, -0.1) is 0 Å². The lowest BCUT2D eigenvalue weighted by atomic mass is 9.90. The average Bonchev–Trinajstić information content (AvgIpc) is 3.28. The lowest BCUT2D eigenvalue weighted by Crippen LogP contribution is -2.39. The summed E-state index contributed by atoms with van der Waals surface area (Å²) in [5.74, 6) is 1.21. The van der Waals surface area contributed by atoms with E-state index in [0.29, 0.717) is 11.9 Å². The van der Waals surface area contributed by atoms with Crippen LogP contribution in [0, 0.1) is 13.8 Å². The molecule has 4 aromatic rings. The number of aromatic nitrogens is 2. The molecule has 0 amide bonds. The number of aryl methyl sites for hydroxylation is 2. The van der Waals surface area contributed by atoms with Crippen LogP contribution >= 0.6 is 31.9 Å². The highest BCUT2D eigenvalue weighted by Crippen LogP contribution is 2.36. The molecule has 8 heteroatoms. The molecule has 0 radical (unpaired) electrons. The van der Waals surface area contributed by atoms with Crippen LogP contribution < -0.4 is 11.1 Å². The molecule has 3 heterocycles. The number of hydrogen-bond donors (Lipinski definition) is 2. The normalized spacial score (nSPS) is 17.3. The summed E-state index contributed by atoms with van der Waals surface area (Å²) >= 11 is 7.02. The fraction of sp³-hybridized carbons (Fsp3) is 0.357. The lowest BCUT2D eigenvalue weighted by molar-refractivity contribution is -0.177. The van der Waals surface area contributed by atoms with Crippen molar-refractivity contribution >= 4 is 65.0 Å². The second-order valence-electron chi connectivity index (χ2n) is 9.59. The van der Waals surface area contributed by atoms with Gasteiger partial charge in [0.1, 0.15) is 11.6 Å². The van der Waals surface area contributed by atoms with Crippen molar-refractivity contribution in [1.29, 1.82) is 0 Å². The Morgan fingerprint density at radius 2 is 1.39 bits per heavy atom. The maximum Gasteiger partial charge on any atom is 0.168 e. The lowest BCUT2D eigenvalue weighted by Gasteiger charge is -2.35. The van der Waals surface area contributed by atoms with Crippen LogP contribution in [0.25, 0.3) is 21.5 Å². The van der Waals surface area contributed by atoms with E-state index in [2.05, 4.69) is 85.3 Å². The van der Waals surface area contributed by atoms with E-state index >= 15 is 0 Å². The standard InChI is InChI=1S/C18H21BrN2O2.C10H9BrN2/c1-12-8-14(19)9-13-10-17(20-11-16(12)13)21-15-2-4-18(5-3-15)22-6-7-23-18;1-6-2-8(11)3-7-4-10(12)13-5-9(6)7/h8-11,15H,2-7H2,1H3,(H,20,21);2-5H,1H3,(H2,12,13). The molecular weight excluding hydrogens is 584 g/mol. The number of nitrogens with two attached hydrogens (primary N) is 1. The molecule has 2 aliphatic rings. The Morgan fingerprint density at radius 1 is 0.833 bits per heavy atom. The molecule has 6 rings (SSSR count). The van der Waals surface area contributed by atoms with Crippen LogP contribution in [0.4, 0.5) is 11.6 Å². The smallest absolute Gasteiger partial charge is 0.168 e. The number of benzene rings is 2. The second kappa shape index (κ2) is 10.6. The van der Waals surface area contributed by atoms with E-state index in [1.165, 1.54) is 21.9 Å². The molecule has 1 saturated heterocycles. The zero-order valence-corrected chi connectivity index (χ0v) is 23.7. The zero-order chi connectivity index (χ0) is 25.3. The Labute approximate surface area is 228 Å². The van der Waals surface area contributed by atoms with Gasteiger partial charge in [0.2, 0.25) is 0 Å². The summed E-state index contributed by atoms with van der Waals surface area (Å²) in [5, 5.41) is 8.27. The van der Waals surface area contributed by atoms with Crippen molar-refractivity contribution in [3.8, 4) is 0 Å². The molecule has 0 unspecified atom stereocenters. The highest BCUT2D eigenvalue weighted by molar-refractivity contribution is 9.10. The maximum absolute atomic E-state index is 5.79. The molecule has 0 bridgehead atoms. The quantitative estimate of drug-likeness (QED) is 0.247. The first-order valence-electron chi connectivity index (χ1n) is 12.2. The van der Waals surface area contributed by atoms with Gasteiger partial charge in [0.15, 0.2) is 5.79 Å². The Kier molecular flexibility index (Phi) is 7.49. The molecule has 3 N–H and O–H groups in total. The fourth-order valence-electron chi connectivity index (χ4n) is 5.08. The summed E-state index contributed by atoms with van der Waals surface area (Å²) in [6, 6.07) is 12.8. The molecular formula is C28H30Br2N4O2. The molecule has 2 aromatic heterocycles. The SMILES string of the molecule is Cc1cc(Br)cc2cc(N)ncc12.Cc1cc(Br)cc2cc(NC3CCC4(CC3)OCCO4)ncc12. The minimum absolute atomic E-state index is 0.295. The van der Waals surface area contributed by atoms with Gasteiger partial charge in [-0.25, -0.2) is 9.97 Å². The molecule has 6 nitrogen and oxygen atoms in total. The summed E-state index contributed by atoms with van der Waals surface area (Å²) < 4.78 is 13.8. The van der Waals surface area contributed by atoms with Crippen molar-refractivity contribution in [2.75, 3.05) is 24.3 Å². The van der Waals surface area contributed by atoms with Gasteiger partial charge < -0.3 is 20.5 Å². The van der Waals surface area contributed by atoms with E-state index in [1.807, 2.05) is 24.5 Å². The van der Waals surface area contributed by atoms with Crippen LogP contribution in [-0.2, 0) is 9.47 Å².